The summed E-state index contributed by atoms with van der Waals surface area (Å²) in [5, 5.41) is 9.03. The van der Waals surface area contributed by atoms with Gasteiger partial charge in [-0.1, -0.05) is 12.1 Å². The Bertz CT molecular complexity index is 441. The largest absolute Gasteiger partial charge is 0.494 e. The second kappa shape index (κ2) is 5.40. The number of hydrogen-bond acceptors (Lipinski definition) is 4. The third kappa shape index (κ3) is 2.48. The van der Waals surface area contributed by atoms with Gasteiger partial charge in [-0.2, -0.15) is 0 Å². The molecule has 2 rings (SSSR count). The van der Waals surface area contributed by atoms with E-state index in [1.54, 1.807) is 0 Å². The minimum absolute atomic E-state index is 0.119. The van der Waals surface area contributed by atoms with E-state index in [0.29, 0.717) is 13.0 Å². The minimum Gasteiger partial charge on any atom is -0.494 e. The number of cyclic esters (lactones) is 1. The molecular weight excluding hydrogens is 232 g/mol. The van der Waals surface area contributed by atoms with Gasteiger partial charge in [-0.15, -0.1) is 0 Å². The molecule has 0 spiro atoms. The zero-order valence-corrected chi connectivity index (χ0v) is 10.7. The number of aryl methyl sites for hydroxylation is 1. The van der Waals surface area contributed by atoms with Crippen LogP contribution in [0.25, 0.3) is 0 Å². The smallest absolute Gasteiger partial charge is 0.313 e. The van der Waals surface area contributed by atoms with Crippen LogP contribution >= 0.6 is 0 Å². The highest BCUT2D eigenvalue weighted by atomic mass is 16.6. The topological polar surface area (TPSA) is 55.8 Å². The molecule has 0 radical (unpaired) electrons. The molecule has 0 unspecified atom stereocenters. The van der Waals surface area contributed by atoms with Gasteiger partial charge in [0, 0.05) is 6.42 Å². The average molecular weight is 250 g/mol. The van der Waals surface area contributed by atoms with Crippen LogP contribution in [0.2, 0.25) is 0 Å². The summed E-state index contributed by atoms with van der Waals surface area (Å²) >= 11 is 0. The standard InChI is InChI=1S/C14H18O4/c1-3-17-13-6-10(5-4-9(13)2)12-7-11(8-15)18-14(12)16/h4-6,11-12,15H,3,7-8H2,1-2H3/t11-,12-/m0/s1. The van der Waals surface area contributed by atoms with E-state index in [1.165, 1.54) is 0 Å². The number of benzene rings is 1. The van der Waals surface area contributed by atoms with Crippen LogP contribution in [-0.2, 0) is 9.53 Å². The Balaban J connectivity index is 2.23. The van der Waals surface area contributed by atoms with Crippen LogP contribution in [0.4, 0.5) is 0 Å². The summed E-state index contributed by atoms with van der Waals surface area (Å²) in [7, 11) is 0. The third-order valence-electron chi connectivity index (χ3n) is 3.18. The van der Waals surface area contributed by atoms with Crippen LogP contribution in [0.5, 0.6) is 5.75 Å². The van der Waals surface area contributed by atoms with E-state index in [4.69, 9.17) is 14.6 Å². The molecule has 98 valence electrons. The van der Waals surface area contributed by atoms with E-state index in [9.17, 15) is 4.79 Å². The lowest BCUT2D eigenvalue weighted by Gasteiger charge is -2.11. The number of rotatable bonds is 4. The second-order valence-corrected chi connectivity index (χ2v) is 4.49. The van der Waals surface area contributed by atoms with Gasteiger partial charge in [-0.25, -0.2) is 0 Å². The van der Waals surface area contributed by atoms with Crippen molar-refractivity contribution in [3.8, 4) is 5.75 Å². The lowest BCUT2D eigenvalue weighted by molar-refractivity contribution is -0.143. The molecule has 1 fully saturated rings. The first kappa shape index (κ1) is 12.9. The summed E-state index contributed by atoms with van der Waals surface area (Å²) in [6, 6.07) is 5.76. The van der Waals surface area contributed by atoms with Gasteiger partial charge in [0.25, 0.3) is 0 Å². The highest BCUT2D eigenvalue weighted by Crippen LogP contribution is 2.33. The molecular formula is C14H18O4. The Hall–Kier alpha value is -1.55. The van der Waals surface area contributed by atoms with E-state index < -0.39 is 0 Å². The van der Waals surface area contributed by atoms with Crippen molar-refractivity contribution in [2.45, 2.75) is 32.3 Å². The van der Waals surface area contributed by atoms with Crippen molar-refractivity contribution in [3.63, 3.8) is 0 Å². The highest BCUT2D eigenvalue weighted by Gasteiger charge is 2.35. The van der Waals surface area contributed by atoms with E-state index in [0.717, 1.165) is 16.9 Å². The number of hydrogen-bond donors (Lipinski definition) is 1. The normalized spacial score (nSPS) is 22.9. The molecule has 0 saturated carbocycles. The summed E-state index contributed by atoms with van der Waals surface area (Å²) in [5.74, 6) is 0.248. The molecule has 1 N–H and O–H groups in total. The van der Waals surface area contributed by atoms with Crippen molar-refractivity contribution < 1.29 is 19.4 Å². The monoisotopic (exact) mass is 250 g/mol. The second-order valence-electron chi connectivity index (χ2n) is 4.49. The number of carbonyl (C=O) groups excluding carboxylic acids is 1. The van der Waals surface area contributed by atoms with Gasteiger partial charge < -0.3 is 14.6 Å². The van der Waals surface area contributed by atoms with Crippen molar-refractivity contribution >= 4 is 5.97 Å². The fourth-order valence-corrected chi connectivity index (χ4v) is 2.18. The Morgan fingerprint density at radius 2 is 2.28 bits per heavy atom. The van der Waals surface area contributed by atoms with E-state index >= 15 is 0 Å². The van der Waals surface area contributed by atoms with Crippen molar-refractivity contribution in [2.24, 2.45) is 0 Å². The van der Waals surface area contributed by atoms with Crippen molar-refractivity contribution in [2.75, 3.05) is 13.2 Å². The molecule has 1 heterocycles. The van der Waals surface area contributed by atoms with Crippen LogP contribution in [0.1, 0.15) is 30.4 Å². The average Bonchev–Trinajstić information content (AvgIpc) is 2.74. The van der Waals surface area contributed by atoms with Gasteiger partial charge in [0.05, 0.1) is 19.1 Å². The molecule has 1 aromatic carbocycles. The summed E-state index contributed by atoms with van der Waals surface area (Å²) in [5.41, 5.74) is 1.94. The number of aliphatic hydroxyl groups excluding tert-OH is 1. The van der Waals surface area contributed by atoms with Crippen molar-refractivity contribution in [1.82, 2.24) is 0 Å². The third-order valence-corrected chi connectivity index (χ3v) is 3.18. The van der Waals surface area contributed by atoms with Gasteiger partial charge >= 0.3 is 5.97 Å². The first-order valence-electron chi connectivity index (χ1n) is 6.20. The van der Waals surface area contributed by atoms with Gasteiger partial charge in [-0.05, 0) is 31.0 Å². The summed E-state index contributed by atoms with van der Waals surface area (Å²) in [6.45, 7) is 4.38. The van der Waals surface area contributed by atoms with Crippen LogP contribution in [0, 0.1) is 6.92 Å². The molecule has 4 nitrogen and oxygen atoms in total. The fraction of sp³-hybridized carbons (Fsp3) is 0.500. The van der Waals surface area contributed by atoms with Gasteiger partial charge in [0.1, 0.15) is 11.9 Å². The molecule has 1 aliphatic heterocycles. The maximum Gasteiger partial charge on any atom is 0.313 e. The molecule has 2 atom stereocenters. The molecule has 0 aliphatic carbocycles. The minimum atomic E-state index is -0.376. The molecule has 18 heavy (non-hydrogen) atoms. The molecule has 1 aliphatic rings. The Morgan fingerprint density at radius 3 is 2.89 bits per heavy atom. The van der Waals surface area contributed by atoms with Crippen LogP contribution < -0.4 is 4.74 Å². The highest BCUT2D eigenvalue weighted by molar-refractivity contribution is 5.80. The summed E-state index contributed by atoms with van der Waals surface area (Å²) < 4.78 is 10.6. The number of ether oxygens (including phenoxy) is 2. The predicted octanol–water partition coefficient (Wildman–Crippen LogP) is 1.79. The van der Waals surface area contributed by atoms with Crippen LogP contribution in [-0.4, -0.2) is 30.4 Å². The molecule has 1 saturated heterocycles. The molecule has 4 heteroatoms. The Labute approximate surface area is 107 Å². The Morgan fingerprint density at radius 1 is 1.50 bits per heavy atom. The van der Waals surface area contributed by atoms with Gasteiger partial charge in [0.2, 0.25) is 0 Å². The molecule has 0 bridgehead atoms. The SMILES string of the molecule is CCOc1cc([C@@H]2C[C@@H](CO)OC2=O)ccc1C. The zero-order chi connectivity index (χ0) is 13.1. The van der Waals surface area contributed by atoms with Crippen molar-refractivity contribution in [3.05, 3.63) is 29.3 Å². The molecule has 0 amide bonds. The first-order valence-corrected chi connectivity index (χ1v) is 6.20. The maximum absolute atomic E-state index is 11.7. The van der Waals surface area contributed by atoms with E-state index in [2.05, 4.69) is 0 Å². The van der Waals surface area contributed by atoms with E-state index in [1.807, 2.05) is 32.0 Å². The lowest BCUT2D eigenvalue weighted by Crippen LogP contribution is -2.10. The van der Waals surface area contributed by atoms with Gasteiger partial charge in [0.15, 0.2) is 0 Å². The van der Waals surface area contributed by atoms with Crippen LogP contribution in [0.3, 0.4) is 0 Å². The van der Waals surface area contributed by atoms with E-state index in [-0.39, 0.29) is 24.6 Å². The lowest BCUT2D eigenvalue weighted by atomic mass is 9.94. The number of carbonyl (C=O) groups is 1. The van der Waals surface area contributed by atoms with Gasteiger partial charge in [-0.3, -0.25) is 4.79 Å². The maximum atomic E-state index is 11.7. The van der Waals surface area contributed by atoms with Crippen LogP contribution in [0.15, 0.2) is 18.2 Å². The predicted molar refractivity (Wildman–Crippen MR) is 66.7 cm³/mol. The van der Waals surface area contributed by atoms with Crippen molar-refractivity contribution in [1.29, 1.82) is 0 Å². The zero-order valence-electron chi connectivity index (χ0n) is 10.7. The molecule has 0 aromatic heterocycles. The number of esters is 1. The number of aliphatic hydroxyl groups is 1. The first-order chi connectivity index (χ1) is 8.65. The quantitative estimate of drug-likeness (QED) is 0.828. The summed E-state index contributed by atoms with van der Waals surface area (Å²) in [6.07, 6.45) is 0.156. The molecule has 1 aromatic rings. The fourth-order valence-electron chi connectivity index (χ4n) is 2.18. The Kier molecular flexibility index (Phi) is 3.87. The summed E-state index contributed by atoms with van der Waals surface area (Å²) in [4.78, 5) is 11.7.